The van der Waals surface area contributed by atoms with Crippen LogP contribution in [0.4, 0.5) is 0 Å². The molecule has 0 saturated carbocycles. The first-order valence-electron chi connectivity index (χ1n) is 12.2. The van der Waals surface area contributed by atoms with Gasteiger partial charge in [-0.05, 0) is 11.1 Å². The molecule has 0 N–H and O–H groups in total. The van der Waals surface area contributed by atoms with E-state index >= 15 is 0 Å². The summed E-state index contributed by atoms with van der Waals surface area (Å²) in [5, 5.41) is 5.54. The molecule has 0 nitrogen and oxygen atoms in total. The van der Waals surface area contributed by atoms with Gasteiger partial charge in [0.15, 0.2) is 0 Å². The Kier molecular flexibility index (Phi) is 9.75. The summed E-state index contributed by atoms with van der Waals surface area (Å²) in [5.41, 5.74) is 11.0. The Labute approximate surface area is 251 Å². The summed E-state index contributed by atoms with van der Waals surface area (Å²) < 4.78 is 0. The zero-order valence-corrected chi connectivity index (χ0v) is 26.2. The summed E-state index contributed by atoms with van der Waals surface area (Å²) in [6.45, 7) is 4.55. The van der Waals surface area contributed by atoms with E-state index in [0.29, 0.717) is 0 Å². The second kappa shape index (κ2) is 12.4. The minimum atomic E-state index is 0. The molecule has 0 atom stereocenters. The van der Waals surface area contributed by atoms with E-state index in [0.717, 1.165) is 12.8 Å². The van der Waals surface area contributed by atoms with Gasteiger partial charge in [0.2, 0.25) is 0 Å². The van der Waals surface area contributed by atoms with Crippen molar-refractivity contribution in [1.82, 2.24) is 0 Å². The summed E-state index contributed by atoms with van der Waals surface area (Å²) in [6.07, 6.45) is 2.09. The third-order valence-corrected chi connectivity index (χ3v) is 7.29. The molecule has 182 valence electrons. The second-order valence-corrected chi connectivity index (χ2v) is 9.38. The predicted molar refractivity (Wildman–Crippen MR) is 147 cm³/mol. The molecule has 0 aliphatic heterocycles. The Morgan fingerprint density at radius 3 is 1.24 bits per heavy atom. The summed E-state index contributed by atoms with van der Waals surface area (Å²) >= 11 is 0. The molecule has 3 heteroatoms. The smallest absolute Gasteiger partial charge is 1.00 e. The van der Waals surface area contributed by atoms with Crippen molar-refractivity contribution in [1.29, 1.82) is 0 Å². The van der Waals surface area contributed by atoms with Crippen LogP contribution >= 0.6 is 0 Å². The van der Waals surface area contributed by atoms with E-state index < -0.39 is 0 Å². The molecular formula is C34H28Cl2Hf. The molecule has 0 amide bonds. The van der Waals surface area contributed by atoms with E-state index in [1.165, 1.54) is 66.1 Å². The molecule has 0 spiro atoms. The Bertz CT molecular complexity index is 1480. The molecule has 37 heavy (non-hydrogen) atoms. The van der Waals surface area contributed by atoms with E-state index in [1.54, 1.807) is 0 Å². The average molecular weight is 686 g/mol. The quantitative estimate of drug-likeness (QED) is 0.193. The molecule has 0 radical (unpaired) electrons. The number of benzene rings is 4. The van der Waals surface area contributed by atoms with Crippen molar-refractivity contribution in [2.75, 3.05) is 0 Å². The number of hydrogen-bond acceptors (Lipinski definition) is 0. The molecule has 0 unspecified atom stereocenters. The van der Waals surface area contributed by atoms with Crippen molar-refractivity contribution in [3.8, 4) is 22.3 Å². The summed E-state index contributed by atoms with van der Waals surface area (Å²) in [4.78, 5) is 0. The van der Waals surface area contributed by atoms with Crippen LogP contribution in [-0.2, 0) is 38.7 Å². The van der Waals surface area contributed by atoms with Crippen molar-refractivity contribution in [3.63, 3.8) is 0 Å². The first-order valence-corrected chi connectivity index (χ1v) is 12.2. The molecule has 0 aliphatic carbocycles. The van der Waals surface area contributed by atoms with Gasteiger partial charge in [-0.2, -0.15) is 11.1 Å². The summed E-state index contributed by atoms with van der Waals surface area (Å²) in [6, 6.07) is 39.8. The number of fused-ring (bicyclic) bond motifs is 2. The minimum Gasteiger partial charge on any atom is -1.00 e. The van der Waals surface area contributed by atoms with Crippen molar-refractivity contribution < 1.29 is 50.7 Å². The fourth-order valence-electron chi connectivity index (χ4n) is 5.70. The Morgan fingerprint density at radius 2 is 0.865 bits per heavy atom. The monoisotopic (exact) mass is 686 g/mol. The average Bonchev–Trinajstić information content (AvgIpc) is 3.38. The third kappa shape index (κ3) is 5.41. The van der Waals surface area contributed by atoms with Gasteiger partial charge < -0.3 is 24.8 Å². The molecule has 0 saturated heterocycles. The van der Waals surface area contributed by atoms with Gasteiger partial charge >= 0.3 is 25.8 Å². The number of rotatable bonds is 5. The van der Waals surface area contributed by atoms with Gasteiger partial charge in [-0.1, -0.05) is 111 Å². The van der Waals surface area contributed by atoms with Crippen molar-refractivity contribution in [3.05, 3.63) is 131 Å². The third-order valence-electron chi connectivity index (χ3n) is 7.29. The van der Waals surface area contributed by atoms with Gasteiger partial charge in [-0.3, -0.25) is 0 Å². The van der Waals surface area contributed by atoms with Crippen LogP contribution < -0.4 is 24.8 Å². The van der Waals surface area contributed by atoms with Crippen LogP contribution in [-0.4, -0.2) is 0 Å². The molecule has 0 heterocycles. The van der Waals surface area contributed by atoms with Gasteiger partial charge in [0.05, 0.1) is 0 Å². The fraction of sp³-hybridized carbons (Fsp3) is 0.118. The van der Waals surface area contributed by atoms with Crippen molar-refractivity contribution >= 4 is 21.5 Å². The van der Waals surface area contributed by atoms with Crippen LogP contribution in [0, 0.1) is 13.8 Å². The molecule has 0 aromatic heterocycles. The molecular weight excluding hydrogens is 658 g/mol. The molecule has 6 rings (SSSR count). The van der Waals surface area contributed by atoms with Crippen LogP contribution in [0.1, 0.15) is 22.3 Å². The van der Waals surface area contributed by atoms with Crippen molar-refractivity contribution in [2.24, 2.45) is 0 Å². The topological polar surface area (TPSA) is 0 Å². The number of hydrogen-bond donors (Lipinski definition) is 0. The maximum atomic E-state index is 2.36. The second-order valence-electron chi connectivity index (χ2n) is 9.38. The van der Waals surface area contributed by atoms with Crippen molar-refractivity contribution in [2.45, 2.75) is 26.7 Å². The van der Waals surface area contributed by atoms with Crippen LogP contribution in [0.3, 0.4) is 0 Å². The van der Waals surface area contributed by atoms with Crippen LogP contribution in [0.15, 0.2) is 109 Å². The van der Waals surface area contributed by atoms with E-state index in [1.807, 2.05) is 0 Å². The van der Waals surface area contributed by atoms with E-state index in [4.69, 9.17) is 0 Å². The van der Waals surface area contributed by atoms with Gasteiger partial charge in [-0.15, -0.1) is 69.1 Å². The van der Waals surface area contributed by atoms with Gasteiger partial charge in [-0.25, -0.2) is 0 Å². The first-order chi connectivity index (χ1) is 16.7. The zero-order chi connectivity index (χ0) is 23.1. The van der Waals surface area contributed by atoms with Crippen LogP contribution in [0.5, 0.6) is 0 Å². The fourth-order valence-corrected chi connectivity index (χ4v) is 5.70. The molecule has 6 aromatic carbocycles. The predicted octanol–water partition coefficient (Wildman–Crippen LogP) is 3.17. The zero-order valence-electron chi connectivity index (χ0n) is 21.1. The standard InChI is InChI=1S/C34H28.2ClH.Hf/c1-23-21-27-15-9-17-31(25-11-5-3-6-12-25)33(27)29(23)19-20-30-24(2)22-28-16-10-18-32(34(28)30)26-13-7-4-8-14-26;;;/h3-18,21-22H,19-20H2,1-2H3;2*1H;/q-2;;;+4/p-2. The first kappa shape index (κ1) is 29.1. The normalized spacial score (nSPS) is 10.5. The Morgan fingerprint density at radius 1 is 0.486 bits per heavy atom. The summed E-state index contributed by atoms with van der Waals surface area (Å²) in [5.74, 6) is 0. The van der Waals surface area contributed by atoms with Crippen LogP contribution in [0.25, 0.3) is 43.8 Å². The number of halogens is 2. The largest absolute Gasteiger partial charge is 4.00 e. The number of aryl methyl sites for hydroxylation is 4. The molecule has 0 fully saturated rings. The van der Waals surface area contributed by atoms with E-state index in [9.17, 15) is 0 Å². The minimum absolute atomic E-state index is 0. The van der Waals surface area contributed by atoms with E-state index in [2.05, 4.69) is 123 Å². The molecule has 0 bridgehead atoms. The Balaban J connectivity index is 0.00000127. The molecule has 6 aromatic rings. The Hall–Kier alpha value is -2.45. The van der Waals surface area contributed by atoms with E-state index in [-0.39, 0.29) is 50.7 Å². The van der Waals surface area contributed by atoms with Crippen LogP contribution in [0.2, 0.25) is 0 Å². The van der Waals surface area contributed by atoms with Gasteiger partial charge in [0, 0.05) is 0 Å². The maximum Gasteiger partial charge on any atom is 4.00 e. The maximum absolute atomic E-state index is 2.36. The summed E-state index contributed by atoms with van der Waals surface area (Å²) in [7, 11) is 0. The molecule has 0 aliphatic rings. The van der Waals surface area contributed by atoms with Gasteiger partial charge in [0.25, 0.3) is 0 Å². The van der Waals surface area contributed by atoms with Gasteiger partial charge in [0.1, 0.15) is 0 Å². The SMILES string of the molecule is Cc1[cH-]c2cccc(-c3ccccc3)c2c1CCc1c(C)[cH-]c2cccc(-c3ccccc3)c12.[Cl-].[Cl-].[Hf+4].